The van der Waals surface area contributed by atoms with Crippen molar-refractivity contribution in [2.45, 2.75) is 6.42 Å². The highest BCUT2D eigenvalue weighted by Crippen LogP contribution is 2.14. The summed E-state index contributed by atoms with van der Waals surface area (Å²) in [5, 5.41) is 4.86. The average molecular weight is 343 g/mol. The molecule has 1 aromatic carbocycles. The Morgan fingerprint density at radius 3 is 2.88 bits per heavy atom. The molecule has 0 bridgehead atoms. The van der Waals surface area contributed by atoms with Gasteiger partial charge in [0, 0.05) is 14.1 Å². The van der Waals surface area contributed by atoms with Gasteiger partial charge in [0.15, 0.2) is 0 Å². The van der Waals surface area contributed by atoms with Gasteiger partial charge in [-0.1, -0.05) is 12.1 Å². The number of rotatable bonds is 3. The van der Waals surface area contributed by atoms with Crippen molar-refractivity contribution >= 4 is 45.5 Å². The number of benzene rings is 1. The second-order valence-corrected chi connectivity index (χ2v) is 5.59. The van der Waals surface area contributed by atoms with E-state index in [-0.39, 0.29) is 5.91 Å². The van der Waals surface area contributed by atoms with E-state index in [1.54, 1.807) is 11.3 Å². The van der Waals surface area contributed by atoms with Crippen molar-refractivity contribution in [2.75, 3.05) is 5.32 Å². The lowest BCUT2D eigenvalue weighted by Gasteiger charge is -2.04. The van der Waals surface area contributed by atoms with Crippen LogP contribution in [0.15, 0.2) is 41.8 Å². The van der Waals surface area contributed by atoms with Crippen molar-refractivity contribution in [3.63, 3.8) is 0 Å². The van der Waals surface area contributed by atoms with Gasteiger partial charge in [0.25, 0.3) is 0 Å². The zero-order valence-corrected chi connectivity index (χ0v) is 11.4. The summed E-state index contributed by atoms with van der Waals surface area (Å²) in [7, 11) is 0. The summed E-state index contributed by atoms with van der Waals surface area (Å²) in [6, 6.07) is 11.7. The Balaban J connectivity index is 1.97. The number of hydrogen-bond acceptors (Lipinski definition) is 2. The molecule has 0 aliphatic heterocycles. The zero-order chi connectivity index (χ0) is 11.4. The maximum Gasteiger partial charge on any atom is 0.229 e. The summed E-state index contributed by atoms with van der Waals surface area (Å²) in [6.45, 7) is 0. The fraction of sp³-hybridized carbons (Fsp3) is 0.0833. The van der Waals surface area contributed by atoms with E-state index in [1.807, 2.05) is 41.8 Å². The summed E-state index contributed by atoms with van der Waals surface area (Å²) >= 11 is 3.83. The van der Waals surface area contributed by atoms with Crippen LogP contribution in [0.25, 0.3) is 0 Å². The monoisotopic (exact) mass is 343 g/mol. The molecule has 1 aromatic heterocycles. The quantitative estimate of drug-likeness (QED) is 0.849. The summed E-state index contributed by atoms with van der Waals surface area (Å²) < 4.78 is 1.12. The van der Waals surface area contributed by atoms with Gasteiger partial charge < -0.3 is 5.32 Å². The van der Waals surface area contributed by atoms with Gasteiger partial charge in [-0.05, 0) is 52.2 Å². The van der Waals surface area contributed by atoms with Gasteiger partial charge in [-0.15, -0.1) is 11.3 Å². The van der Waals surface area contributed by atoms with E-state index in [1.165, 1.54) is 0 Å². The highest BCUT2D eigenvalue weighted by Gasteiger charge is 2.04. The Kier molecular flexibility index (Phi) is 3.95. The van der Waals surface area contributed by atoms with Crippen LogP contribution in [-0.2, 0) is 11.2 Å². The van der Waals surface area contributed by atoms with Gasteiger partial charge in [-0.2, -0.15) is 0 Å². The molecule has 0 saturated carbocycles. The first-order valence-electron chi connectivity index (χ1n) is 4.82. The molecule has 0 fully saturated rings. The SMILES string of the molecule is O=C(Cc1cccs1)Nc1cccc(I)c1. The van der Waals surface area contributed by atoms with Crippen molar-refractivity contribution in [1.29, 1.82) is 0 Å². The molecule has 16 heavy (non-hydrogen) atoms. The number of hydrogen-bond donors (Lipinski definition) is 1. The number of amides is 1. The fourth-order valence-corrected chi connectivity index (χ4v) is 2.59. The van der Waals surface area contributed by atoms with Gasteiger partial charge in [-0.25, -0.2) is 0 Å². The zero-order valence-electron chi connectivity index (χ0n) is 8.44. The van der Waals surface area contributed by atoms with Crippen LogP contribution in [0.4, 0.5) is 5.69 Å². The molecule has 0 radical (unpaired) electrons. The lowest BCUT2D eigenvalue weighted by molar-refractivity contribution is -0.115. The largest absolute Gasteiger partial charge is 0.326 e. The van der Waals surface area contributed by atoms with Crippen LogP contribution in [-0.4, -0.2) is 5.91 Å². The van der Waals surface area contributed by atoms with E-state index in [2.05, 4.69) is 27.9 Å². The number of anilines is 1. The first kappa shape index (κ1) is 11.6. The summed E-state index contributed by atoms with van der Waals surface area (Å²) in [5.41, 5.74) is 0.855. The fourth-order valence-electron chi connectivity index (χ4n) is 1.34. The average Bonchev–Trinajstić information content (AvgIpc) is 2.70. The topological polar surface area (TPSA) is 29.1 Å². The molecule has 1 amide bonds. The van der Waals surface area contributed by atoms with Crippen molar-refractivity contribution in [2.24, 2.45) is 0 Å². The van der Waals surface area contributed by atoms with Gasteiger partial charge in [-0.3, -0.25) is 4.79 Å². The number of halogens is 1. The number of carbonyl (C=O) groups is 1. The Morgan fingerprint density at radius 2 is 2.19 bits per heavy atom. The Morgan fingerprint density at radius 1 is 1.31 bits per heavy atom. The van der Waals surface area contributed by atoms with E-state index >= 15 is 0 Å². The lowest BCUT2D eigenvalue weighted by Crippen LogP contribution is -2.13. The smallest absolute Gasteiger partial charge is 0.229 e. The van der Waals surface area contributed by atoms with Crippen molar-refractivity contribution in [1.82, 2.24) is 0 Å². The minimum atomic E-state index is 0.0319. The summed E-state index contributed by atoms with van der Waals surface area (Å²) in [5.74, 6) is 0.0319. The molecule has 0 aliphatic rings. The minimum Gasteiger partial charge on any atom is -0.326 e. The minimum absolute atomic E-state index is 0.0319. The van der Waals surface area contributed by atoms with Gasteiger partial charge >= 0.3 is 0 Å². The molecule has 2 rings (SSSR count). The molecule has 1 heterocycles. The highest BCUT2D eigenvalue weighted by atomic mass is 127. The molecule has 0 aliphatic carbocycles. The van der Waals surface area contributed by atoms with Crippen LogP contribution in [0, 0.1) is 3.57 Å². The van der Waals surface area contributed by atoms with Crippen LogP contribution in [0.2, 0.25) is 0 Å². The van der Waals surface area contributed by atoms with Crippen LogP contribution >= 0.6 is 33.9 Å². The van der Waals surface area contributed by atoms with Crippen LogP contribution in [0.3, 0.4) is 0 Å². The number of carbonyl (C=O) groups excluding carboxylic acids is 1. The molecule has 82 valence electrons. The third-order valence-corrected chi connectivity index (χ3v) is 3.57. The molecule has 1 N–H and O–H groups in total. The standard InChI is InChI=1S/C12H10INOS/c13-9-3-1-4-10(7-9)14-12(15)8-11-5-2-6-16-11/h1-7H,8H2,(H,14,15). The summed E-state index contributed by atoms with van der Waals surface area (Å²) in [6.07, 6.45) is 0.448. The van der Waals surface area contributed by atoms with E-state index < -0.39 is 0 Å². The van der Waals surface area contributed by atoms with Crippen molar-refractivity contribution in [3.05, 3.63) is 50.2 Å². The van der Waals surface area contributed by atoms with Crippen molar-refractivity contribution < 1.29 is 4.79 Å². The first-order valence-corrected chi connectivity index (χ1v) is 6.78. The maximum absolute atomic E-state index is 11.7. The summed E-state index contributed by atoms with van der Waals surface area (Å²) in [4.78, 5) is 12.8. The second kappa shape index (κ2) is 5.45. The third kappa shape index (κ3) is 3.31. The third-order valence-electron chi connectivity index (χ3n) is 2.02. The molecule has 0 saturated heterocycles. The van der Waals surface area contributed by atoms with Crippen LogP contribution < -0.4 is 5.32 Å². The van der Waals surface area contributed by atoms with E-state index in [0.29, 0.717) is 6.42 Å². The molecule has 2 aromatic rings. The van der Waals surface area contributed by atoms with E-state index in [9.17, 15) is 4.79 Å². The first-order chi connectivity index (χ1) is 7.74. The van der Waals surface area contributed by atoms with Gasteiger partial charge in [0.2, 0.25) is 5.91 Å². The molecule has 0 atom stereocenters. The predicted octanol–water partition coefficient (Wildman–Crippen LogP) is 3.53. The van der Waals surface area contributed by atoms with Crippen molar-refractivity contribution in [3.8, 4) is 0 Å². The molecule has 0 unspecified atom stereocenters. The lowest BCUT2D eigenvalue weighted by atomic mass is 10.3. The Bertz CT molecular complexity index is 482. The van der Waals surface area contributed by atoms with E-state index in [0.717, 1.165) is 14.1 Å². The van der Waals surface area contributed by atoms with Crippen LogP contribution in [0.5, 0.6) is 0 Å². The molecule has 2 nitrogen and oxygen atoms in total. The van der Waals surface area contributed by atoms with E-state index in [4.69, 9.17) is 0 Å². The molecular formula is C12H10INOS. The molecule has 0 spiro atoms. The van der Waals surface area contributed by atoms with Crippen LogP contribution in [0.1, 0.15) is 4.88 Å². The molecule has 4 heteroatoms. The predicted molar refractivity (Wildman–Crippen MR) is 75.8 cm³/mol. The maximum atomic E-state index is 11.7. The normalized spacial score (nSPS) is 10.1. The van der Waals surface area contributed by atoms with Gasteiger partial charge in [0.1, 0.15) is 0 Å². The number of nitrogens with one attached hydrogen (secondary N) is 1. The second-order valence-electron chi connectivity index (χ2n) is 3.31. The highest BCUT2D eigenvalue weighted by molar-refractivity contribution is 14.1. The molecular weight excluding hydrogens is 333 g/mol. The van der Waals surface area contributed by atoms with Gasteiger partial charge in [0.05, 0.1) is 6.42 Å². The Labute approximate surface area is 112 Å². The Hall–Kier alpha value is -0.880. The number of thiophene rings is 1.